The number of halogens is 1. The molecule has 0 atom stereocenters. The molecule has 0 saturated heterocycles. The zero-order chi connectivity index (χ0) is 19.3. The van der Waals surface area contributed by atoms with Gasteiger partial charge in [0.25, 0.3) is 17.5 Å². The molecular weight excluding hydrogens is 414 g/mol. The molecule has 0 fully saturated rings. The number of nitro benzene ring substituents is 1. The average molecular weight is 426 g/mol. The molecule has 8 heteroatoms. The molecule has 0 saturated carbocycles. The first-order chi connectivity index (χ1) is 12.9. The number of nitrogens with one attached hydrogen (secondary N) is 1. The van der Waals surface area contributed by atoms with Crippen molar-refractivity contribution in [3.05, 3.63) is 79.8 Å². The van der Waals surface area contributed by atoms with Gasteiger partial charge in [0.05, 0.1) is 21.7 Å². The number of nitrogens with zero attached hydrogens (tertiary/aromatic N) is 2. The molecule has 0 bridgehead atoms. The second-order valence-electron chi connectivity index (χ2n) is 6.17. The molecule has 1 aliphatic rings. The van der Waals surface area contributed by atoms with Crippen molar-refractivity contribution < 1.29 is 14.5 Å². The Balaban J connectivity index is 1.91. The van der Waals surface area contributed by atoms with E-state index in [1.165, 1.54) is 6.07 Å². The van der Waals surface area contributed by atoms with Crippen molar-refractivity contribution in [1.82, 2.24) is 5.01 Å². The van der Waals surface area contributed by atoms with Gasteiger partial charge in [-0.25, -0.2) is 0 Å². The number of benzene rings is 3. The summed E-state index contributed by atoms with van der Waals surface area (Å²) in [7, 11) is 0. The molecule has 1 N–H and O–H groups in total. The first-order valence-corrected chi connectivity index (χ1v) is 8.79. The van der Waals surface area contributed by atoms with Gasteiger partial charge in [-0.2, -0.15) is 5.01 Å². The highest BCUT2D eigenvalue weighted by Gasteiger charge is 2.36. The smallest absolute Gasteiger partial charge is 0.284 e. The molecule has 0 radical (unpaired) electrons. The zero-order valence-corrected chi connectivity index (χ0v) is 15.6. The van der Waals surface area contributed by atoms with Crippen LogP contribution in [0.1, 0.15) is 26.3 Å². The summed E-state index contributed by atoms with van der Waals surface area (Å²) in [6, 6.07) is 13.3. The number of hydrogen-bond donors (Lipinski definition) is 1. The molecule has 1 aliphatic heterocycles. The van der Waals surface area contributed by atoms with Gasteiger partial charge in [0.2, 0.25) is 0 Å². The predicted octanol–water partition coefficient (Wildman–Crippen LogP) is 4.44. The summed E-state index contributed by atoms with van der Waals surface area (Å²) in [4.78, 5) is 36.7. The van der Waals surface area contributed by atoms with E-state index in [1.807, 2.05) is 13.0 Å². The van der Waals surface area contributed by atoms with E-state index in [0.29, 0.717) is 22.0 Å². The maximum absolute atomic E-state index is 13.0. The maximum Gasteiger partial charge on any atom is 0.284 e. The van der Waals surface area contributed by atoms with Crippen LogP contribution in [-0.2, 0) is 0 Å². The van der Waals surface area contributed by atoms with Crippen LogP contribution in [0.2, 0.25) is 0 Å². The minimum Gasteiger partial charge on any atom is -0.288 e. The van der Waals surface area contributed by atoms with E-state index in [2.05, 4.69) is 21.4 Å². The number of hydrogen-bond acceptors (Lipinski definition) is 5. The zero-order valence-electron chi connectivity index (χ0n) is 14.0. The Labute approximate surface area is 161 Å². The minimum atomic E-state index is -0.638. The van der Waals surface area contributed by atoms with Crippen LogP contribution in [0.25, 0.3) is 10.8 Å². The van der Waals surface area contributed by atoms with Crippen molar-refractivity contribution >= 4 is 49.9 Å². The van der Waals surface area contributed by atoms with E-state index in [-0.39, 0.29) is 15.7 Å². The normalized spacial score (nSPS) is 13.2. The van der Waals surface area contributed by atoms with Gasteiger partial charge < -0.3 is 0 Å². The van der Waals surface area contributed by atoms with Gasteiger partial charge in [-0.1, -0.05) is 24.3 Å². The van der Waals surface area contributed by atoms with Gasteiger partial charge >= 0.3 is 0 Å². The van der Waals surface area contributed by atoms with Gasteiger partial charge in [-0.15, -0.1) is 0 Å². The first-order valence-electron chi connectivity index (χ1n) is 8.00. The highest BCUT2D eigenvalue weighted by atomic mass is 79.9. The number of hydrazine groups is 1. The Kier molecular flexibility index (Phi) is 3.92. The predicted molar refractivity (Wildman–Crippen MR) is 104 cm³/mol. The highest BCUT2D eigenvalue weighted by Crippen LogP contribution is 2.39. The third-order valence-electron chi connectivity index (χ3n) is 4.40. The fourth-order valence-electron chi connectivity index (χ4n) is 3.19. The minimum absolute atomic E-state index is 0.107. The number of amides is 2. The second kappa shape index (κ2) is 6.17. The number of rotatable bonds is 3. The molecule has 3 aromatic carbocycles. The van der Waals surface area contributed by atoms with Crippen LogP contribution in [0.5, 0.6) is 0 Å². The van der Waals surface area contributed by atoms with Gasteiger partial charge in [0.1, 0.15) is 4.47 Å². The molecule has 27 heavy (non-hydrogen) atoms. The van der Waals surface area contributed by atoms with E-state index in [9.17, 15) is 19.7 Å². The Hall–Kier alpha value is -3.26. The molecule has 7 nitrogen and oxygen atoms in total. The third-order valence-corrected chi connectivity index (χ3v) is 5.23. The number of carbonyl (C=O) groups is 2. The Morgan fingerprint density at radius 2 is 1.74 bits per heavy atom. The van der Waals surface area contributed by atoms with Crippen molar-refractivity contribution in [2.24, 2.45) is 0 Å². The number of nitro groups is 1. The van der Waals surface area contributed by atoms with Crippen LogP contribution in [-0.4, -0.2) is 21.7 Å². The van der Waals surface area contributed by atoms with E-state index >= 15 is 0 Å². The van der Waals surface area contributed by atoms with E-state index in [0.717, 1.165) is 10.6 Å². The first kappa shape index (κ1) is 17.2. The lowest BCUT2D eigenvalue weighted by Gasteiger charge is -2.28. The summed E-state index contributed by atoms with van der Waals surface area (Å²) in [5, 5.41) is 13.1. The molecule has 0 aliphatic carbocycles. The SMILES string of the molecule is Cc1cccc(NN2C(=O)c3cccc4c(Br)c([N+](=O)[O-])cc(c34)C2=O)c1. The Morgan fingerprint density at radius 1 is 1.04 bits per heavy atom. The fourth-order valence-corrected chi connectivity index (χ4v) is 3.78. The number of anilines is 1. The lowest BCUT2D eigenvalue weighted by atomic mass is 9.94. The summed E-state index contributed by atoms with van der Waals surface area (Å²) < 4.78 is 0.244. The van der Waals surface area contributed by atoms with Crippen LogP contribution in [0, 0.1) is 17.0 Å². The Bertz CT molecular complexity index is 1160. The molecule has 0 spiro atoms. The van der Waals surface area contributed by atoms with Crippen molar-refractivity contribution in [3.8, 4) is 0 Å². The summed E-state index contributed by atoms with van der Waals surface area (Å²) >= 11 is 3.23. The van der Waals surface area contributed by atoms with Crippen LogP contribution in [0.4, 0.5) is 11.4 Å². The molecule has 2 amide bonds. The second-order valence-corrected chi connectivity index (χ2v) is 6.96. The molecule has 4 rings (SSSR count). The van der Waals surface area contributed by atoms with Crippen molar-refractivity contribution in [3.63, 3.8) is 0 Å². The summed E-state index contributed by atoms with van der Waals surface area (Å²) in [6.45, 7) is 1.89. The Morgan fingerprint density at radius 3 is 2.44 bits per heavy atom. The largest absolute Gasteiger partial charge is 0.288 e. The van der Waals surface area contributed by atoms with Gasteiger partial charge in [-0.05, 0) is 46.6 Å². The average Bonchev–Trinajstić information content (AvgIpc) is 2.64. The molecule has 1 heterocycles. The number of carbonyl (C=O) groups excluding carboxylic acids is 2. The molecule has 134 valence electrons. The summed E-state index contributed by atoms with van der Waals surface area (Å²) in [6.07, 6.45) is 0. The van der Waals surface area contributed by atoms with Crippen molar-refractivity contribution in [2.45, 2.75) is 6.92 Å². The highest BCUT2D eigenvalue weighted by molar-refractivity contribution is 9.10. The van der Waals surface area contributed by atoms with E-state index < -0.39 is 16.7 Å². The van der Waals surface area contributed by atoms with E-state index in [4.69, 9.17) is 0 Å². The molecule has 0 aromatic heterocycles. The van der Waals surface area contributed by atoms with Gasteiger partial charge in [-0.3, -0.25) is 25.1 Å². The van der Waals surface area contributed by atoms with Gasteiger partial charge in [0.15, 0.2) is 0 Å². The van der Waals surface area contributed by atoms with Crippen molar-refractivity contribution in [1.29, 1.82) is 0 Å². The summed E-state index contributed by atoms with van der Waals surface area (Å²) in [5.74, 6) is -1.15. The number of aryl methyl sites for hydroxylation is 1. The van der Waals surface area contributed by atoms with E-state index in [1.54, 1.807) is 36.4 Å². The van der Waals surface area contributed by atoms with Crippen LogP contribution in [0.3, 0.4) is 0 Å². The monoisotopic (exact) mass is 425 g/mol. The molecular formula is C19H12BrN3O4. The maximum atomic E-state index is 13.0. The lowest BCUT2D eigenvalue weighted by Crippen LogP contribution is -2.44. The van der Waals surface area contributed by atoms with Crippen LogP contribution >= 0.6 is 15.9 Å². The van der Waals surface area contributed by atoms with Crippen LogP contribution in [0.15, 0.2) is 53.0 Å². The standard InChI is InChI=1S/C19H12BrN3O4/c1-10-4-2-5-11(8-10)21-22-18(24)13-7-3-6-12-16(13)14(19(22)25)9-15(17(12)20)23(26)27/h2-9,21H,1H3. The quantitative estimate of drug-likeness (QED) is 0.380. The molecule has 3 aromatic rings. The topological polar surface area (TPSA) is 92.6 Å². The fraction of sp³-hybridized carbons (Fsp3) is 0.0526. The van der Waals surface area contributed by atoms with Gasteiger partial charge in [0, 0.05) is 16.8 Å². The van der Waals surface area contributed by atoms with Crippen LogP contribution < -0.4 is 5.43 Å². The third kappa shape index (κ3) is 2.65. The number of imide groups is 1. The molecule has 0 unspecified atom stereocenters. The van der Waals surface area contributed by atoms with Crippen molar-refractivity contribution in [2.75, 3.05) is 5.43 Å². The lowest BCUT2D eigenvalue weighted by molar-refractivity contribution is -0.385. The summed E-state index contributed by atoms with van der Waals surface area (Å²) in [5.41, 5.74) is 4.53.